The summed E-state index contributed by atoms with van der Waals surface area (Å²) in [4.78, 5) is 13.6. The number of carbonyl (C=O) groups excluding carboxylic acids is 1. The molecule has 1 aliphatic heterocycles. The first-order valence-corrected chi connectivity index (χ1v) is 7.26. The molecule has 0 aliphatic carbocycles. The van der Waals surface area contributed by atoms with Crippen LogP contribution in [0.15, 0.2) is 24.3 Å². The van der Waals surface area contributed by atoms with Crippen LogP contribution >= 0.6 is 0 Å². The number of ether oxygens (including phenoxy) is 2. The quantitative estimate of drug-likeness (QED) is 0.862. The average molecular weight is 332 g/mol. The normalized spacial score (nSPS) is 18.6. The highest BCUT2D eigenvalue weighted by atomic mass is 19.4. The van der Waals surface area contributed by atoms with Crippen molar-refractivity contribution >= 4 is 6.03 Å². The number of amides is 2. The minimum atomic E-state index is -4.69. The van der Waals surface area contributed by atoms with E-state index in [1.807, 2.05) is 0 Å². The maximum Gasteiger partial charge on any atom is 0.573 e. The summed E-state index contributed by atoms with van der Waals surface area (Å²) in [5, 5.41) is 2.63. The van der Waals surface area contributed by atoms with Gasteiger partial charge in [-0.1, -0.05) is 12.1 Å². The summed E-state index contributed by atoms with van der Waals surface area (Å²) in [7, 11) is 1.49. The lowest BCUT2D eigenvalue weighted by Gasteiger charge is -2.33. The molecule has 1 fully saturated rings. The van der Waals surface area contributed by atoms with E-state index < -0.39 is 6.36 Å². The van der Waals surface area contributed by atoms with Gasteiger partial charge in [-0.3, -0.25) is 0 Å². The van der Waals surface area contributed by atoms with Gasteiger partial charge in [0, 0.05) is 26.1 Å². The number of hydrogen-bond acceptors (Lipinski definition) is 3. The summed E-state index contributed by atoms with van der Waals surface area (Å²) in [6.45, 7) is 1.32. The summed E-state index contributed by atoms with van der Waals surface area (Å²) in [5.74, 6) is -0.149. The molecule has 1 unspecified atom stereocenters. The molecule has 1 aliphatic rings. The van der Waals surface area contributed by atoms with Gasteiger partial charge in [0.25, 0.3) is 0 Å². The van der Waals surface area contributed by atoms with Gasteiger partial charge in [-0.2, -0.15) is 0 Å². The Kier molecular flexibility index (Phi) is 5.70. The molecule has 2 rings (SSSR count). The number of benzene rings is 1. The fourth-order valence-electron chi connectivity index (χ4n) is 2.62. The second-order valence-electron chi connectivity index (χ2n) is 5.32. The lowest BCUT2D eigenvalue weighted by Crippen LogP contribution is -2.45. The second kappa shape index (κ2) is 7.54. The Balaban J connectivity index is 1.97. The van der Waals surface area contributed by atoms with Crippen LogP contribution in [0, 0.1) is 0 Å². The van der Waals surface area contributed by atoms with E-state index in [2.05, 4.69) is 10.1 Å². The van der Waals surface area contributed by atoms with Gasteiger partial charge < -0.3 is 19.7 Å². The zero-order chi connectivity index (χ0) is 16.9. The summed E-state index contributed by atoms with van der Waals surface area (Å²) in [6, 6.07) is 5.62. The molecule has 1 heterocycles. The second-order valence-corrected chi connectivity index (χ2v) is 5.32. The lowest BCUT2D eigenvalue weighted by atomic mass is 9.91. The number of carbonyl (C=O) groups is 1. The number of likely N-dealkylation sites (tertiary alicyclic amines) is 1. The van der Waals surface area contributed by atoms with Gasteiger partial charge >= 0.3 is 12.4 Å². The molecule has 0 radical (unpaired) electrons. The molecular weight excluding hydrogens is 313 g/mol. The standard InChI is InChI=1S/C15H19F3N2O3/c1-22-10-19-14(21)20-8-2-3-12(9-20)11-4-6-13(7-5-11)23-15(16,17)18/h4-7,12H,2-3,8-10H2,1H3,(H,19,21). The van der Waals surface area contributed by atoms with Gasteiger partial charge in [-0.15, -0.1) is 13.2 Å². The first-order chi connectivity index (χ1) is 10.9. The highest BCUT2D eigenvalue weighted by molar-refractivity contribution is 5.74. The van der Waals surface area contributed by atoms with Crippen molar-refractivity contribution in [2.24, 2.45) is 0 Å². The van der Waals surface area contributed by atoms with Gasteiger partial charge in [-0.05, 0) is 30.5 Å². The molecule has 2 amide bonds. The maximum atomic E-state index is 12.2. The van der Waals surface area contributed by atoms with Crippen LogP contribution in [0.4, 0.5) is 18.0 Å². The van der Waals surface area contributed by atoms with Gasteiger partial charge in [0.05, 0.1) is 0 Å². The molecule has 1 saturated heterocycles. The predicted molar refractivity (Wildman–Crippen MR) is 77.1 cm³/mol. The average Bonchev–Trinajstić information content (AvgIpc) is 2.52. The number of urea groups is 1. The number of alkyl halides is 3. The first-order valence-electron chi connectivity index (χ1n) is 7.26. The number of rotatable bonds is 4. The van der Waals surface area contributed by atoms with Crippen molar-refractivity contribution in [3.05, 3.63) is 29.8 Å². The smallest absolute Gasteiger partial charge is 0.406 e. The Morgan fingerprint density at radius 3 is 2.65 bits per heavy atom. The van der Waals surface area contributed by atoms with E-state index in [1.165, 1.54) is 19.2 Å². The molecule has 5 nitrogen and oxygen atoms in total. The summed E-state index contributed by atoms with van der Waals surface area (Å²) in [6.07, 6.45) is -2.97. The lowest BCUT2D eigenvalue weighted by molar-refractivity contribution is -0.274. The number of nitrogens with zero attached hydrogens (tertiary/aromatic N) is 1. The molecule has 1 aromatic rings. The van der Waals surface area contributed by atoms with Crippen molar-refractivity contribution in [2.45, 2.75) is 25.1 Å². The Hall–Kier alpha value is -1.96. The van der Waals surface area contributed by atoms with Gasteiger partial charge in [0.2, 0.25) is 0 Å². The molecule has 0 saturated carbocycles. The fourth-order valence-corrected chi connectivity index (χ4v) is 2.62. The zero-order valence-corrected chi connectivity index (χ0v) is 12.7. The maximum absolute atomic E-state index is 12.2. The third-order valence-electron chi connectivity index (χ3n) is 3.66. The van der Waals surface area contributed by atoms with Crippen molar-refractivity contribution in [3.63, 3.8) is 0 Å². The molecular formula is C15H19F3N2O3. The van der Waals surface area contributed by atoms with E-state index in [1.54, 1.807) is 17.0 Å². The zero-order valence-electron chi connectivity index (χ0n) is 12.7. The molecule has 1 atom stereocenters. The Morgan fingerprint density at radius 2 is 2.04 bits per heavy atom. The van der Waals surface area contributed by atoms with E-state index in [-0.39, 0.29) is 24.4 Å². The van der Waals surface area contributed by atoms with Crippen molar-refractivity contribution in [1.82, 2.24) is 10.2 Å². The van der Waals surface area contributed by atoms with Crippen molar-refractivity contribution in [3.8, 4) is 5.75 Å². The minimum absolute atomic E-state index is 0.0944. The van der Waals surface area contributed by atoms with Crippen LogP contribution in [0.1, 0.15) is 24.3 Å². The van der Waals surface area contributed by atoms with E-state index in [4.69, 9.17) is 4.74 Å². The van der Waals surface area contributed by atoms with Crippen LogP contribution in [0.3, 0.4) is 0 Å². The number of nitrogens with one attached hydrogen (secondary N) is 1. The topological polar surface area (TPSA) is 50.8 Å². The van der Waals surface area contributed by atoms with Crippen molar-refractivity contribution in [2.75, 3.05) is 26.9 Å². The van der Waals surface area contributed by atoms with Crippen LogP contribution in [0.5, 0.6) is 5.75 Å². The molecule has 23 heavy (non-hydrogen) atoms. The minimum Gasteiger partial charge on any atom is -0.406 e. The molecule has 1 N–H and O–H groups in total. The molecule has 0 aromatic heterocycles. The summed E-state index contributed by atoms with van der Waals surface area (Å²) < 4.78 is 45.1. The Labute approximate surface area is 132 Å². The van der Waals surface area contributed by atoms with Gasteiger partial charge in [-0.25, -0.2) is 4.79 Å². The summed E-state index contributed by atoms with van der Waals surface area (Å²) in [5.41, 5.74) is 0.892. The van der Waals surface area contributed by atoms with E-state index >= 15 is 0 Å². The molecule has 1 aromatic carbocycles. The van der Waals surface area contributed by atoms with Crippen LogP contribution < -0.4 is 10.1 Å². The highest BCUT2D eigenvalue weighted by Gasteiger charge is 2.31. The Morgan fingerprint density at radius 1 is 1.35 bits per heavy atom. The predicted octanol–water partition coefficient (Wildman–Crippen LogP) is 3.08. The number of methoxy groups -OCH3 is 1. The van der Waals surface area contributed by atoms with Crippen LogP contribution in [0.25, 0.3) is 0 Å². The van der Waals surface area contributed by atoms with Crippen molar-refractivity contribution < 1.29 is 27.4 Å². The van der Waals surface area contributed by atoms with E-state index in [0.717, 1.165) is 18.4 Å². The monoisotopic (exact) mass is 332 g/mol. The Bertz CT molecular complexity index is 520. The highest BCUT2D eigenvalue weighted by Crippen LogP contribution is 2.29. The van der Waals surface area contributed by atoms with E-state index in [0.29, 0.717) is 13.1 Å². The van der Waals surface area contributed by atoms with Gasteiger partial charge in [0.1, 0.15) is 12.5 Å². The first kappa shape index (κ1) is 17.4. The molecule has 8 heteroatoms. The third kappa shape index (κ3) is 5.31. The number of hydrogen-bond donors (Lipinski definition) is 1. The third-order valence-corrected chi connectivity index (χ3v) is 3.66. The molecule has 0 bridgehead atoms. The van der Waals surface area contributed by atoms with Crippen LogP contribution in [-0.2, 0) is 4.74 Å². The van der Waals surface area contributed by atoms with Gasteiger partial charge in [0.15, 0.2) is 0 Å². The molecule has 0 spiro atoms. The molecule has 128 valence electrons. The number of halogens is 3. The van der Waals surface area contributed by atoms with Crippen LogP contribution in [0.2, 0.25) is 0 Å². The summed E-state index contributed by atoms with van der Waals surface area (Å²) >= 11 is 0. The SMILES string of the molecule is COCNC(=O)N1CCCC(c2ccc(OC(F)(F)F)cc2)C1. The van der Waals surface area contributed by atoms with Crippen molar-refractivity contribution in [1.29, 1.82) is 0 Å². The largest absolute Gasteiger partial charge is 0.573 e. The number of piperidine rings is 1. The van der Waals surface area contributed by atoms with Crippen LogP contribution in [-0.4, -0.2) is 44.2 Å². The van der Waals surface area contributed by atoms with E-state index in [9.17, 15) is 18.0 Å². The fraction of sp³-hybridized carbons (Fsp3) is 0.533.